The van der Waals surface area contributed by atoms with E-state index in [1.807, 2.05) is 0 Å². The Bertz CT molecular complexity index is 71.5. The average molecular weight is 201 g/mol. The summed E-state index contributed by atoms with van der Waals surface area (Å²) in [5, 5.41) is 0. The van der Waals surface area contributed by atoms with Crippen LogP contribution < -0.4 is 51.4 Å². The van der Waals surface area contributed by atoms with Gasteiger partial charge in [0.15, 0.2) is 0 Å². The first kappa shape index (κ1) is 22.4. The Morgan fingerprint density at radius 1 is 1.25 bits per heavy atom. The van der Waals surface area contributed by atoms with Crippen molar-refractivity contribution in [1.29, 1.82) is 0 Å². The van der Waals surface area contributed by atoms with Crippen LogP contribution in [0.15, 0.2) is 0 Å². The summed E-state index contributed by atoms with van der Waals surface area (Å²) in [7, 11) is -4.64. The van der Waals surface area contributed by atoms with E-state index in [2.05, 4.69) is 0 Å². The second kappa shape index (κ2) is 9.80. The molecule has 0 aliphatic heterocycles. The van der Waals surface area contributed by atoms with Crippen molar-refractivity contribution in [3.05, 3.63) is 0 Å². The van der Waals surface area contributed by atoms with E-state index in [1.165, 1.54) is 0 Å². The molecule has 0 aromatic carbocycles. The molecule has 8 heteroatoms. The fourth-order valence-corrected chi connectivity index (χ4v) is 0. The topological polar surface area (TPSA) is 77.8 Å². The van der Waals surface area contributed by atoms with Crippen LogP contribution in [0.5, 0.6) is 0 Å². The fraction of sp³-hybridized carbons (Fsp3) is 0. The third-order valence-corrected chi connectivity index (χ3v) is 0. The predicted octanol–water partition coefficient (Wildman–Crippen LogP) is -3.55. The van der Waals surface area contributed by atoms with Gasteiger partial charge in [-0.2, -0.15) is 0 Å². The molecule has 0 saturated carbocycles. The monoisotopic (exact) mass is 200 g/mol. The molecule has 3 N–H and O–H groups in total. The molecule has 0 saturated heterocycles. The average Bonchev–Trinajstić information content (AvgIpc) is 0.722. The molecule has 46 valence electrons. The number of hydrogen-bond acceptors (Lipinski definition) is 1. The minimum absolute atomic E-state index is 0. The summed E-state index contributed by atoms with van der Waals surface area (Å²) < 4.78 is 8.88. The van der Waals surface area contributed by atoms with Crippen LogP contribution in [-0.4, -0.2) is 37.7 Å². The second-order valence-corrected chi connectivity index (χ2v) is 1.54. The molecule has 0 spiro atoms. The molecule has 8 heavy (non-hydrogen) atoms. The zero-order valence-electron chi connectivity index (χ0n) is 7.31. The number of halogens is 1. The van der Waals surface area contributed by atoms with Gasteiger partial charge in [-0.1, -0.05) is 0 Å². The third kappa shape index (κ3) is 68.2. The van der Waals surface area contributed by atoms with Crippen LogP contribution in [0.3, 0.4) is 0 Å². The molecule has 0 heterocycles. The van der Waals surface area contributed by atoms with Gasteiger partial charge in [0.05, 0.1) is 0 Å². The molecule has 4 nitrogen and oxygen atoms in total. The van der Waals surface area contributed by atoms with Crippen molar-refractivity contribution in [3.63, 3.8) is 0 Å². The minimum atomic E-state index is -4.64. The molecule has 0 aromatic rings. The van der Waals surface area contributed by atoms with E-state index in [0.717, 1.165) is 0 Å². The van der Waals surface area contributed by atoms with Gasteiger partial charge in [-0.05, 0) is 0 Å². The maximum absolute atomic E-state index is 8.88. The zero-order chi connectivity index (χ0) is 4.50. The van der Waals surface area contributed by atoms with Crippen LogP contribution >= 0.6 is 20.2 Å². The maximum Gasteiger partial charge on any atom is 2.00 e. The first-order chi connectivity index (χ1) is 2.00. The van der Waals surface area contributed by atoms with E-state index in [-0.39, 0.29) is 91.1 Å². The van der Waals surface area contributed by atoms with Crippen molar-refractivity contribution in [1.82, 2.24) is 0 Å². The van der Waals surface area contributed by atoms with Crippen LogP contribution in [0.2, 0.25) is 0 Å². The smallest absolute Gasteiger partial charge is 1.00 e. The molecule has 0 amide bonds. The van der Waals surface area contributed by atoms with E-state index in [1.54, 1.807) is 0 Å². The molecule has 0 aliphatic carbocycles. The van der Waals surface area contributed by atoms with E-state index >= 15 is 0 Å². The van der Waals surface area contributed by atoms with Crippen LogP contribution in [0.4, 0.5) is 0 Å². The summed E-state index contributed by atoms with van der Waals surface area (Å²) in [5.74, 6) is 0. The quantitative estimate of drug-likeness (QED) is 0.280. The minimum Gasteiger partial charge on any atom is -1.00 e. The second-order valence-electron chi connectivity index (χ2n) is 0.513. The Morgan fingerprint density at radius 2 is 1.25 bits per heavy atom. The molecule has 0 aromatic heterocycles. The molecular weight excluding hydrogens is 194 g/mol. The van der Waals surface area contributed by atoms with Gasteiger partial charge in [0.1, 0.15) is 0 Å². The van der Waals surface area contributed by atoms with Gasteiger partial charge in [0.25, 0.3) is 0 Å². The summed E-state index contributed by atoms with van der Waals surface area (Å²) in [6.07, 6.45) is 0. The Morgan fingerprint density at radius 3 is 1.25 bits per heavy atom. The first-order valence-corrected chi connectivity index (χ1v) is 2.35. The van der Waals surface area contributed by atoms with Crippen LogP contribution in [-0.2, 0) is 4.57 Å². The van der Waals surface area contributed by atoms with Crippen molar-refractivity contribution in [3.8, 4) is 0 Å². The van der Waals surface area contributed by atoms with Crippen LogP contribution in [0, 0.1) is 0 Å². The molecular formula is H7ClKMgO4P. The van der Waals surface area contributed by atoms with Crippen molar-refractivity contribution in [2.24, 2.45) is 0 Å². The van der Waals surface area contributed by atoms with Crippen molar-refractivity contribution >= 4 is 43.3 Å². The van der Waals surface area contributed by atoms with E-state index in [9.17, 15) is 0 Å². The van der Waals surface area contributed by atoms with E-state index in [0.29, 0.717) is 0 Å². The molecule has 0 fully saturated rings. The van der Waals surface area contributed by atoms with Gasteiger partial charge < -0.3 is 19.0 Å². The van der Waals surface area contributed by atoms with Gasteiger partial charge >= 0.3 is 82.3 Å². The summed E-state index contributed by atoms with van der Waals surface area (Å²) in [4.78, 5) is 21.6. The third-order valence-electron chi connectivity index (χ3n) is 0. The summed E-state index contributed by atoms with van der Waals surface area (Å²) in [5.41, 5.74) is 0. The van der Waals surface area contributed by atoms with E-state index < -0.39 is 7.82 Å². The Labute approximate surface area is 116 Å². The normalized spacial score (nSPS) is 7.38. The molecule has 0 atom stereocenters. The maximum atomic E-state index is 8.88. The van der Waals surface area contributed by atoms with Gasteiger partial charge in [-0.15, -0.1) is 12.4 Å². The first-order valence-electron chi connectivity index (χ1n) is 0.783. The number of phosphoric acid groups is 1. The zero-order valence-corrected chi connectivity index (χ0v) is 10.6. The predicted molar refractivity (Wildman–Crippen MR) is 30.6 cm³/mol. The summed E-state index contributed by atoms with van der Waals surface area (Å²) in [6, 6.07) is 0. The van der Waals surface area contributed by atoms with E-state index in [4.69, 9.17) is 19.2 Å². The van der Waals surface area contributed by atoms with Gasteiger partial charge in [0, 0.05) is 0 Å². The largest absolute Gasteiger partial charge is 2.00 e. The Kier molecular flexibility index (Phi) is 27.5. The van der Waals surface area contributed by atoms with Crippen molar-refractivity contribution < 1.29 is 74.9 Å². The van der Waals surface area contributed by atoms with Gasteiger partial charge in [-0.3, -0.25) is 0 Å². The fourth-order valence-electron chi connectivity index (χ4n) is 0. The van der Waals surface area contributed by atoms with Gasteiger partial charge in [-0.25, -0.2) is 4.57 Å². The molecule has 0 bridgehead atoms. The Balaban J connectivity index is -0.00000000533. The molecule has 0 aliphatic rings. The Hall–Kier alpha value is 2.80. The summed E-state index contributed by atoms with van der Waals surface area (Å²) >= 11 is 0. The molecule has 0 unspecified atom stereocenters. The van der Waals surface area contributed by atoms with Crippen LogP contribution in [0.1, 0.15) is 4.28 Å². The SMILES string of the molecule is Cl.O=P(O)(O)O.[H-].[H-].[H-].[K+].[Mg+2]. The summed E-state index contributed by atoms with van der Waals surface area (Å²) in [6.45, 7) is 0. The van der Waals surface area contributed by atoms with Crippen molar-refractivity contribution in [2.75, 3.05) is 0 Å². The van der Waals surface area contributed by atoms with Crippen LogP contribution in [0.25, 0.3) is 0 Å². The van der Waals surface area contributed by atoms with Crippen molar-refractivity contribution in [2.45, 2.75) is 0 Å². The van der Waals surface area contributed by atoms with Gasteiger partial charge in [0.2, 0.25) is 0 Å². The number of hydrogen-bond donors (Lipinski definition) is 3. The number of rotatable bonds is 0. The molecule has 0 rings (SSSR count). The standard InChI is InChI=1S/ClH.K.Mg.H3O4P.3H/c;;;1-5(2,3)4;;;/h1H;;;(H3,1,2,3,4);;;/q;+1;+2;;3*-1. The molecule has 0 radical (unpaired) electrons.